The van der Waals surface area contributed by atoms with Crippen LogP contribution in [0.15, 0.2) is 51.7 Å². The van der Waals surface area contributed by atoms with Crippen LogP contribution in [0.5, 0.6) is 0 Å². The molecule has 1 aliphatic rings. The number of imide groups is 1. The van der Waals surface area contributed by atoms with E-state index in [0.717, 1.165) is 16.0 Å². The number of nitrogens with zero attached hydrogens (tertiary/aromatic N) is 1. The van der Waals surface area contributed by atoms with Crippen molar-refractivity contribution in [2.75, 3.05) is 0 Å². The number of carbonyl (C=O) groups excluding carboxylic acids is 2. The minimum Gasteiger partial charge on any atom is -0.423 e. The third kappa shape index (κ3) is 3.47. The molecule has 0 aliphatic carbocycles. The summed E-state index contributed by atoms with van der Waals surface area (Å²) in [6.07, 6.45) is 0.300. The fourth-order valence-electron chi connectivity index (χ4n) is 4.46. The van der Waals surface area contributed by atoms with Crippen LogP contribution in [0.1, 0.15) is 55.4 Å². The SMILES string of the molecule is CCC1(c2ccc(F)cc2)NC(=O)N(Cc2cc(=O)oc3cc(C)c(C(C)C)cc23)C1=O. The number of urea groups is 1. The van der Waals surface area contributed by atoms with E-state index in [9.17, 15) is 18.8 Å². The molecule has 0 radical (unpaired) electrons. The Morgan fingerprint density at radius 2 is 1.78 bits per heavy atom. The highest BCUT2D eigenvalue weighted by Gasteiger charge is 2.51. The van der Waals surface area contributed by atoms with Crippen molar-refractivity contribution in [3.8, 4) is 0 Å². The van der Waals surface area contributed by atoms with Gasteiger partial charge in [-0.15, -0.1) is 0 Å². The fourth-order valence-corrected chi connectivity index (χ4v) is 4.46. The molecule has 0 saturated carbocycles. The quantitative estimate of drug-likeness (QED) is 0.464. The summed E-state index contributed by atoms with van der Waals surface area (Å²) in [5.41, 5.74) is 1.74. The van der Waals surface area contributed by atoms with E-state index < -0.39 is 28.9 Å². The summed E-state index contributed by atoms with van der Waals surface area (Å²) in [6.45, 7) is 7.81. The lowest BCUT2D eigenvalue weighted by Crippen LogP contribution is -2.43. The Balaban J connectivity index is 1.78. The molecule has 1 saturated heterocycles. The van der Waals surface area contributed by atoms with E-state index in [1.54, 1.807) is 6.92 Å². The lowest BCUT2D eigenvalue weighted by Gasteiger charge is -2.26. The van der Waals surface area contributed by atoms with Crippen LogP contribution in [-0.2, 0) is 16.9 Å². The number of fused-ring (bicyclic) bond motifs is 1. The molecule has 3 amide bonds. The molecule has 1 fully saturated rings. The molecule has 2 aromatic carbocycles. The van der Waals surface area contributed by atoms with Crippen LogP contribution in [0.4, 0.5) is 9.18 Å². The van der Waals surface area contributed by atoms with Gasteiger partial charge in [-0.25, -0.2) is 14.0 Å². The van der Waals surface area contributed by atoms with Gasteiger partial charge >= 0.3 is 11.7 Å². The van der Waals surface area contributed by atoms with E-state index in [-0.39, 0.29) is 12.5 Å². The Kier molecular flexibility index (Phi) is 5.36. The van der Waals surface area contributed by atoms with Crippen molar-refractivity contribution in [2.24, 2.45) is 0 Å². The van der Waals surface area contributed by atoms with Crippen molar-refractivity contribution >= 4 is 22.9 Å². The van der Waals surface area contributed by atoms with Crippen molar-refractivity contribution < 1.29 is 18.4 Å². The molecule has 3 aromatic rings. The lowest BCUT2D eigenvalue weighted by atomic mass is 9.87. The maximum atomic E-state index is 13.5. The van der Waals surface area contributed by atoms with Crippen molar-refractivity contribution in [3.63, 3.8) is 0 Å². The van der Waals surface area contributed by atoms with Crippen LogP contribution in [0.3, 0.4) is 0 Å². The van der Waals surface area contributed by atoms with E-state index >= 15 is 0 Å². The zero-order valence-electron chi connectivity index (χ0n) is 18.5. The number of rotatable bonds is 5. The second-order valence-corrected chi connectivity index (χ2v) is 8.54. The summed E-state index contributed by atoms with van der Waals surface area (Å²) < 4.78 is 18.8. The standard InChI is InChI=1S/C25H25FN2O4/c1-5-25(17-6-8-18(26)9-7-17)23(30)28(24(31)27-25)13-16-11-22(29)32-21-10-15(4)19(14(2)3)12-20(16)21/h6-12,14H,5,13H2,1-4H3,(H,27,31). The van der Waals surface area contributed by atoms with E-state index in [0.29, 0.717) is 28.5 Å². The van der Waals surface area contributed by atoms with Gasteiger partial charge in [0.1, 0.15) is 16.9 Å². The van der Waals surface area contributed by atoms with E-state index in [2.05, 4.69) is 19.2 Å². The average Bonchev–Trinajstić information content (AvgIpc) is 2.98. The molecule has 6 nitrogen and oxygen atoms in total. The van der Waals surface area contributed by atoms with E-state index in [1.807, 2.05) is 19.1 Å². The number of amides is 3. The molecule has 0 spiro atoms. The summed E-state index contributed by atoms with van der Waals surface area (Å²) in [5.74, 6) is -0.608. The summed E-state index contributed by atoms with van der Waals surface area (Å²) >= 11 is 0. The first-order valence-electron chi connectivity index (χ1n) is 10.6. The van der Waals surface area contributed by atoms with Gasteiger partial charge in [0.05, 0.1) is 6.54 Å². The summed E-state index contributed by atoms with van der Waals surface area (Å²) in [7, 11) is 0. The zero-order valence-corrected chi connectivity index (χ0v) is 18.5. The minimum absolute atomic E-state index is 0.0731. The number of aryl methyl sites for hydroxylation is 1. The second-order valence-electron chi connectivity index (χ2n) is 8.54. The van der Waals surface area contributed by atoms with Crippen LogP contribution in [-0.4, -0.2) is 16.8 Å². The molecule has 1 unspecified atom stereocenters. The van der Waals surface area contributed by atoms with Gasteiger partial charge in [-0.05, 0) is 65.8 Å². The molecule has 4 rings (SSSR count). The van der Waals surface area contributed by atoms with Gasteiger partial charge < -0.3 is 9.73 Å². The minimum atomic E-state index is -1.28. The average molecular weight is 436 g/mol. The Hall–Kier alpha value is -3.48. The number of hydrogen-bond donors (Lipinski definition) is 1. The summed E-state index contributed by atoms with van der Waals surface area (Å²) in [5, 5.41) is 3.48. The first kappa shape index (κ1) is 21.7. The van der Waals surface area contributed by atoms with Crippen molar-refractivity contribution in [1.82, 2.24) is 10.2 Å². The van der Waals surface area contributed by atoms with Crippen molar-refractivity contribution in [3.05, 3.63) is 81.0 Å². The van der Waals surface area contributed by atoms with Gasteiger partial charge in [-0.2, -0.15) is 0 Å². The highest BCUT2D eigenvalue weighted by atomic mass is 19.1. The Bertz CT molecular complexity index is 1280. The third-order valence-electron chi connectivity index (χ3n) is 6.21. The second kappa shape index (κ2) is 7.89. The monoisotopic (exact) mass is 436 g/mol. The zero-order chi connectivity index (χ0) is 23.2. The molecule has 1 aromatic heterocycles. The van der Waals surface area contributed by atoms with Crippen LogP contribution in [0.25, 0.3) is 11.0 Å². The number of nitrogens with one attached hydrogen (secondary N) is 1. The molecule has 2 heterocycles. The first-order chi connectivity index (χ1) is 15.2. The van der Waals surface area contributed by atoms with Gasteiger partial charge in [0, 0.05) is 11.5 Å². The van der Waals surface area contributed by atoms with Crippen LogP contribution < -0.4 is 10.9 Å². The van der Waals surface area contributed by atoms with Gasteiger partial charge in [0.25, 0.3) is 5.91 Å². The van der Waals surface area contributed by atoms with Gasteiger partial charge in [0.2, 0.25) is 0 Å². The maximum absolute atomic E-state index is 13.5. The predicted molar refractivity (Wildman–Crippen MR) is 119 cm³/mol. The molecule has 1 atom stereocenters. The fraction of sp³-hybridized carbons (Fsp3) is 0.320. The predicted octanol–water partition coefficient (Wildman–Crippen LogP) is 4.72. The molecule has 1 aliphatic heterocycles. The largest absolute Gasteiger partial charge is 0.423 e. The number of halogens is 1. The van der Waals surface area contributed by atoms with Crippen LogP contribution >= 0.6 is 0 Å². The smallest absolute Gasteiger partial charge is 0.336 e. The highest BCUT2D eigenvalue weighted by molar-refractivity contribution is 6.07. The summed E-state index contributed by atoms with van der Waals surface area (Å²) in [4.78, 5) is 39.6. The topological polar surface area (TPSA) is 79.6 Å². The Morgan fingerprint density at radius 1 is 1.09 bits per heavy atom. The first-order valence-corrected chi connectivity index (χ1v) is 10.6. The third-order valence-corrected chi connectivity index (χ3v) is 6.21. The Morgan fingerprint density at radius 3 is 2.41 bits per heavy atom. The Labute approximate surface area is 185 Å². The molecular formula is C25H25FN2O4. The normalized spacial score (nSPS) is 18.6. The molecule has 7 heteroatoms. The van der Waals surface area contributed by atoms with Crippen molar-refractivity contribution in [1.29, 1.82) is 0 Å². The molecule has 1 N–H and O–H groups in total. The molecule has 166 valence electrons. The summed E-state index contributed by atoms with van der Waals surface area (Å²) in [6, 6.07) is 10.1. The number of hydrogen-bond acceptors (Lipinski definition) is 4. The number of carbonyl (C=O) groups is 2. The van der Waals surface area contributed by atoms with Gasteiger partial charge in [0.15, 0.2) is 0 Å². The molecule has 0 bridgehead atoms. The number of benzene rings is 2. The van der Waals surface area contributed by atoms with Gasteiger partial charge in [-0.1, -0.05) is 32.9 Å². The maximum Gasteiger partial charge on any atom is 0.336 e. The molecular weight excluding hydrogens is 411 g/mol. The van der Waals surface area contributed by atoms with Crippen LogP contribution in [0.2, 0.25) is 0 Å². The van der Waals surface area contributed by atoms with Crippen molar-refractivity contribution in [2.45, 2.75) is 52.1 Å². The lowest BCUT2D eigenvalue weighted by molar-refractivity contribution is -0.132. The van der Waals surface area contributed by atoms with Crippen LogP contribution in [0, 0.1) is 12.7 Å². The molecule has 32 heavy (non-hydrogen) atoms. The van der Waals surface area contributed by atoms with E-state index in [1.165, 1.54) is 30.3 Å². The van der Waals surface area contributed by atoms with Gasteiger partial charge in [-0.3, -0.25) is 9.69 Å². The van der Waals surface area contributed by atoms with E-state index in [4.69, 9.17) is 4.42 Å². The highest BCUT2D eigenvalue weighted by Crippen LogP contribution is 2.34.